The van der Waals surface area contributed by atoms with Gasteiger partial charge >= 0.3 is 5.97 Å². The van der Waals surface area contributed by atoms with Crippen LogP contribution in [0, 0.1) is 17.8 Å². The average Bonchev–Trinajstić information content (AvgIpc) is 3.63. The van der Waals surface area contributed by atoms with E-state index in [1.807, 2.05) is 6.07 Å². The largest absolute Gasteiger partial charge is 0.480 e. The van der Waals surface area contributed by atoms with Crippen molar-refractivity contribution in [1.29, 1.82) is 0 Å². The minimum Gasteiger partial charge on any atom is -0.480 e. The summed E-state index contributed by atoms with van der Waals surface area (Å²) in [5.41, 5.74) is 2.59. The third-order valence-corrected chi connectivity index (χ3v) is 9.73. The highest BCUT2D eigenvalue weighted by atomic mass is 16.5. The van der Waals surface area contributed by atoms with Crippen LogP contribution in [-0.2, 0) is 9.53 Å². The molecule has 2 aromatic carbocycles. The summed E-state index contributed by atoms with van der Waals surface area (Å²) in [5.74, 6) is 1.84. The summed E-state index contributed by atoms with van der Waals surface area (Å²) in [6.07, 6.45) is 7.85. The fourth-order valence-corrected chi connectivity index (χ4v) is 7.66. The predicted molar refractivity (Wildman–Crippen MR) is 154 cm³/mol. The van der Waals surface area contributed by atoms with Crippen LogP contribution in [0.4, 0.5) is 0 Å². The van der Waals surface area contributed by atoms with Gasteiger partial charge in [0.1, 0.15) is 18.7 Å². The second kappa shape index (κ2) is 12.2. The molecule has 4 aliphatic rings. The molecule has 0 amide bonds. The number of carbonyl (C=O) groups is 1. The summed E-state index contributed by atoms with van der Waals surface area (Å²) >= 11 is 0. The first-order valence-corrected chi connectivity index (χ1v) is 15.2. The second-order valence-corrected chi connectivity index (χ2v) is 12.2. The van der Waals surface area contributed by atoms with Crippen LogP contribution in [0.1, 0.15) is 68.0 Å². The summed E-state index contributed by atoms with van der Waals surface area (Å²) in [4.78, 5) is 22.4. The van der Waals surface area contributed by atoms with Gasteiger partial charge in [-0.15, -0.1) is 0 Å². The average molecular weight is 530 g/mol. The van der Waals surface area contributed by atoms with Crippen molar-refractivity contribution in [2.75, 3.05) is 39.3 Å². The number of likely N-dealkylation sites (tertiary alicyclic amines) is 2. The molecule has 0 radical (unpaired) electrons. The van der Waals surface area contributed by atoms with Gasteiger partial charge in [0.15, 0.2) is 5.90 Å². The van der Waals surface area contributed by atoms with E-state index < -0.39 is 5.97 Å². The van der Waals surface area contributed by atoms with E-state index in [0.29, 0.717) is 24.4 Å². The molecule has 39 heavy (non-hydrogen) atoms. The molecule has 0 bridgehead atoms. The zero-order valence-corrected chi connectivity index (χ0v) is 23.0. The Hall–Kier alpha value is -2.70. The number of benzene rings is 2. The van der Waals surface area contributed by atoms with E-state index in [0.717, 1.165) is 64.3 Å². The first kappa shape index (κ1) is 26.5. The van der Waals surface area contributed by atoms with Crippen molar-refractivity contribution in [2.24, 2.45) is 22.7 Å². The highest BCUT2D eigenvalue weighted by Crippen LogP contribution is 2.39. The summed E-state index contributed by atoms with van der Waals surface area (Å²) in [6, 6.07) is 21.1. The molecule has 3 aliphatic heterocycles. The lowest BCUT2D eigenvalue weighted by Crippen LogP contribution is -2.46. The van der Waals surface area contributed by atoms with Gasteiger partial charge in [-0.25, -0.2) is 4.99 Å². The fourth-order valence-electron chi connectivity index (χ4n) is 7.66. The summed E-state index contributed by atoms with van der Waals surface area (Å²) < 4.78 is 6.09. The minimum atomic E-state index is -0.624. The zero-order chi connectivity index (χ0) is 26.6. The number of aliphatic imine (C=N–C) groups is 1. The summed E-state index contributed by atoms with van der Waals surface area (Å²) in [6.45, 7) is 5.51. The Balaban J connectivity index is 1.10. The van der Waals surface area contributed by atoms with E-state index in [9.17, 15) is 9.90 Å². The van der Waals surface area contributed by atoms with Crippen LogP contribution in [0.3, 0.4) is 0 Å². The molecule has 1 aliphatic carbocycles. The quantitative estimate of drug-likeness (QED) is 0.481. The van der Waals surface area contributed by atoms with Gasteiger partial charge in [0.05, 0.1) is 0 Å². The van der Waals surface area contributed by atoms with E-state index in [1.165, 1.54) is 30.4 Å². The van der Waals surface area contributed by atoms with Crippen LogP contribution < -0.4 is 0 Å². The van der Waals surface area contributed by atoms with E-state index in [2.05, 4.69) is 64.4 Å². The normalized spacial score (nSPS) is 28.2. The maximum Gasteiger partial charge on any atom is 0.321 e. The summed E-state index contributed by atoms with van der Waals surface area (Å²) in [7, 11) is 0. The molecule has 6 heteroatoms. The topological polar surface area (TPSA) is 65.4 Å². The maximum atomic E-state index is 12.5. The molecule has 6 rings (SSSR count). The lowest BCUT2D eigenvalue weighted by Gasteiger charge is -2.35. The third kappa shape index (κ3) is 6.07. The molecule has 3 heterocycles. The second-order valence-electron chi connectivity index (χ2n) is 12.2. The first-order chi connectivity index (χ1) is 19.2. The summed E-state index contributed by atoms with van der Waals surface area (Å²) in [5, 5.41) is 10.3. The van der Waals surface area contributed by atoms with Crippen LogP contribution >= 0.6 is 0 Å². The third-order valence-electron chi connectivity index (χ3n) is 9.73. The molecule has 2 saturated heterocycles. The van der Waals surface area contributed by atoms with Crippen molar-refractivity contribution in [3.63, 3.8) is 0 Å². The van der Waals surface area contributed by atoms with Gasteiger partial charge in [0, 0.05) is 31.5 Å². The van der Waals surface area contributed by atoms with Crippen LogP contribution in [-0.4, -0.2) is 72.1 Å². The molecular weight excluding hydrogens is 486 g/mol. The lowest BCUT2D eigenvalue weighted by molar-refractivity contribution is -0.145. The molecular formula is C33H43N3O3. The van der Waals surface area contributed by atoms with E-state index in [4.69, 9.17) is 9.73 Å². The van der Waals surface area contributed by atoms with Gasteiger partial charge in [-0.1, -0.05) is 79.9 Å². The number of carboxylic acids is 1. The van der Waals surface area contributed by atoms with Crippen molar-refractivity contribution in [3.8, 4) is 0 Å². The Kier molecular flexibility index (Phi) is 8.31. The number of hydrogen-bond donors (Lipinski definition) is 1. The Morgan fingerprint density at radius 3 is 2.23 bits per heavy atom. The van der Waals surface area contributed by atoms with Crippen molar-refractivity contribution in [2.45, 2.75) is 62.9 Å². The van der Waals surface area contributed by atoms with E-state index in [1.54, 1.807) is 0 Å². The number of ether oxygens (including phenoxy) is 1. The highest BCUT2D eigenvalue weighted by molar-refractivity contribution is 5.80. The Morgan fingerprint density at radius 2 is 1.56 bits per heavy atom. The molecule has 0 aromatic heterocycles. The van der Waals surface area contributed by atoms with Crippen molar-refractivity contribution in [1.82, 2.24) is 9.80 Å². The van der Waals surface area contributed by atoms with Crippen LogP contribution in [0.25, 0.3) is 0 Å². The molecule has 208 valence electrons. The zero-order valence-electron chi connectivity index (χ0n) is 23.0. The maximum absolute atomic E-state index is 12.5. The van der Waals surface area contributed by atoms with Crippen LogP contribution in [0.2, 0.25) is 0 Å². The lowest BCUT2D eigenvalue weighted by atomic mass is 9.83. The number of nitrogens with zero attached hydrogens (tertiary/aromatic N) is 3. The van der Waals surface area contributed by atoms with Crippen LogP contribution in [0.15, 0.2) is 65.7 Å². The van der Waals surface area contributed by atoms with E-state index in [-0.39, 0.29) is 18.0 Å². The number of piperidine rings is 1. The smallest absolute Gasteiger partial charge is 0.321 e. The van der Waals surface area contributed by atoms with Crippen LogP contribution in [0.5, 0.6) is 0 Å². The van der Waals surface area contributed by atoms with Gasteiger partial charge in [-0.05, 0) is 61.7 Å². The van der Waals surface area contributed by atoms with Crippen molar-refractivity contribution < 1.29 is 14.6 Å². The van der Waals surface area contributed by atoms with Gasteiger partial charge in [-0.3, -0.25) is 9.69 Å². The number of aliphatic carboxylic acids is 1. The van der Waals surface area contributed by atoms with Crippen molar-refractivity contribution >= 4 is 11.9 Å². The number of hydrogen-bond acceptors (Lipinski definition) is 5. The fraction of sp³-hybridized carbons (Fsp3) is 0.576. The molecule has 2 aromatic rings. The Morgan fingerprint density at radius 1 is 0.897 bits per heavy atom. The Labute approximate surface area is 233 Å². The minimum absolute atomic E-state index is 0.127. The molecule has 1 saturated carbocycles. The SMILES string of the molecule is O=C(O)C(C1CCCCC1)N1CC(CN2CCC(C3=NC(c4ccccc4)CO3)CC2)C(c2ccccc2)C1. The molecule has 0 spiro atoms. The molecule has 4 atom stereocenters. The first-order valence-electron chi connectivity index (χ1n) is 15.2. The monoisotopic (exact) mass is 529 g/mol. The van der Waals surface area contributed by atoms with Gasteiger partial charge < -0.3 is 14.7 Å². The molecule has 4 unspecified atom stereocenters. The Bertz CT molecular complexity index is 1110. The molecule has 3 fully saturated rings. The molecule has 6 nitrogen and oxygen atoms in total. The predicted octanol–water partition coefficient (Wildman–Crippen LogP) is 5.62. The standard InChI is InChI=1S/C33H43N3O3/c37-33(38)31(26-14-8-3-9-15-26)36-21-28(29(22-36)24-10-4-1-5-11-24)20-35-18-16-27(17-19-35)32-34-30(23-39-32)25-12-6-2-7-13-25/h1-2,4-7,10-13,26-31H,3,8-9,14-23H2,(H,37,38). The van der Waals surface area contributed by atoms with Gasteiger partial charge in [-0.2, -0.15) is 0 Å². The number of rotatable bonds is 8. The number of carboxylic acid groups (broad SMARTS) is 1. The molecule has 1 N–H and O–H groups in total. The van der Waals surface area contributed by atoms with E-state index >= 15 is 0 Å². The highest BCUT2D eigenvalue weighted by Gasteiger charge is 2.43. The van der Waals surface area contributed by atoms with Gasteiger partial charge in [0.25, 0.3) is 0 Å². The van der Waals surface area contributed by atoms with Crippen molar-refractivity contribution in [3.05, 3.63) is 71.8 Å². The van der Waals surface area contributed by atoms with Gasteiger partial charge in [0.2, 0.25) is 0 Å².